The van der Waals surface area contributed by atoms with Crippen molar-refractivity contribution in [3.63, 3.8) is 0 Å². The van der Waals surface area contributed by atoms with Gasteiger partial charge in [0.25, 0.3) is 0 Å². The van der Waals surface area contributed by atoms with Crippen molar-refractivity contribution >= 4 is 21.4 Å². The molecule has 0 aliphatic rings. The highest BCUT2D eigenvalue weighted by Crippen LogP contribution is 2.17. The van der Waals surface area contributed by atoms with Crippen LogP contribution in [0, 0.1) is 0 Å². The number of sulfone groups is 1. The fourth-order valence-electron chi connectivity index (χ4n) is 2.23. The predicted octanol–water partition coefficient (Wildman–Crippen LogP) is 2.12. The van der Waals surface area contributed by atoms with Crippen LogP contribution in [0.15, 0.2) is 53.7 Å². The molecule has 0 spiro atoms. The van der Waals surface area contributed by atoms with Gasteiger partial charge in [0.2, 0.25) is 5.91 Å². The summed E-state index contributed by atoms with van der Waals surface area (Å²) in [7, 11) is -1.37. The minimum absolute atomic E-state index is 0.0528. The number of nitrogens with zero attached hydrogens (tertiary/aromatic N) is 2. The number of amides is 1. The van der Waals surface area contributed by atoms with Gasteiger partial charge in [-0.3, -0.25) is 14.7 Å². The van der Waals surface area contributed by atoms with Crippen LogP contribution in [0.1, 0.15) is 18.5 Å². The van der Waals surface area contributed by atoms with Crippen molar-refractivity contribution in [2.75, 3.05) is 25.2 Å². The normalized spacial score (nSPS) is 12.8. The molecule has 6 nitrogen and oxygen atoms in total. The lowest BCUT2D eigenvalue weighted by atomic mass is 10.1. The van der Waals surface area contributed by atoms with E-state index in [0.29, 0.717) is 5.69 Å². The number of hydrogen-bond acceptors (Lipinski definition) is 5. The van der Waals surface area contributed by atoms with Crippen molar-refractivity contribution in [1.29, 1.82) is 0 Å². The van der Waals surface area contributed by atoms with E-state index in [4.69, 9.17) is 0 Å². The van der Waals surface area contributed by atoms with E-state index in [2.05, 4.69) is 10.3 Å². The second-order valence-electron chi connectivity index (χ2n) is 5.72. The second kappa shape index (κ2) is 7.55. The van der Waals surface area contributed by atoms with Crippen molar-refractivity contribution in [1.82, 2.24) is 9.88 Å². The highest BCUT2D eigenvalue weighted by molar-refractivity contribution is 7.90. The minimum Gasteiger partial charge on any atom is -0.325 e. The minimum atomic E-state index is -3.24. The molecule has 1 atom stereocenters. The van der Waals surface area contributed by atoms with Gasteiger partial charge in [0, 0.05) is 30.4 Å². The summed E-state index contributed by atoms with van der Waals surface area (Å²) in [6, 6.07) is 10.0. The van der Waals surface area contributed by atoms with E-state index < -0.39 is 9.84 Å². The maximum atomic E-state index is 12.2. The van der Waals surface area contributed by atoms with Crippen molar-refractivity contribution in [2.24, 2.45) is 0 Å². The van der Waals surface area contributed by atoms with E-state index in [-0.39, 0.29) is 23.4 Å². The van der Waals surface area contributed by atoms with Gasteiger partial charge in [0.05, 0.1) is 11.4 Å². The summed E-state index contributed by atoms with van der Waals surface area (Å²) < 4.78 is 22.8. The Hall–Kier alpha value is -2.25. The number of carbonyl (C=O) groups excluding carboxylic acids is 1. The van der Waals surface area contributed by atoms with E-state index in [1.807, 2.05) is 31.0 Å². The number of hydrogen-bond donors (Lipinski definition) is 1. The van der Waals surface area contributed by atoms with Crippen molar-refractivity contribution in [3.8, 4) is 0 Å². The molecule has 0 aliphatic carbocycles. The molecule has 1 amide bonds. The summed E-state index contributed by atoms with van der Waals surface area (Å²) in [6.45, 7) is 2.22. The molecular formula is C17H21N3O3S. The number of likely N-dealkylation sites (N-methyl/N-ethyl adjacent to an activating group) is 1. The molecular weight excluding hydrogens is 326 g/mol. The van der Waals surface area contributed by atoms with Crippen LogP contribution in [0.5, 0.6) is 0 Å². The number of benzene rings is 1. The molecule has 24 heavy (non-hydrogen) atoms. The summed E-state index contributed by atoms with van der Waals surface area (Å²) in [5, 5.41) is 2.77. The SMILES string of the molecule is CC(c1cccnc1)N(C)CC(=O)Nc1ccc(S(C)(=O)=O)cc1. The van der Waals surface area contributed by atoms with E-state index in [9.17, 15) is 13.2 Å². The first-order valence-corrected chi connectivity index (χ1v) is 9.36. The molecule has 0 saturated heterocycles. The van der Waals surface area contributed by atoms with Crippen molar-refractivity contribution < 1.29 is 13.2 Å². The zero-order valence-corrected chi connectivity index (χ0v) is 14.7. The molecule has 0 bridgehead atoms. The Kier molecular flexibility index (Phi) is 5.69. The van der Waals surface area contributed by atoms with Gasteiger partial charge in [-0.05, 0) is 49.9 Å². The van der Waals surface area contributed by atoms with Crippen LogP contribution in [0.25, 0.3) is 0 Å². The molecule has 128 valence electrons. The van der Waals surface area contributed by atoms with Crippen LogP contribution in [0.3, 0.4) is 0 Å². The van der Waals surface area contributed by atoms with Gasteiger partial charge < -0.3 is 5.32 Å². The number of carbonyl (C=O) groups is 1. The van der Waals surface area contributed by atoms with Crippen LogP contribution < -0.4 is 5.32 Å². The lowest BCUT2D eigenvalue weighted by molar-refractivity contribution is -0.117. The molecule has 1 N–H and O–H groups in total. The lowest BCUT2D eigenvalue weighted by Gasteiger charge is -2.24. The third kappa shape index (κ3) is 4.87. The zero-order valence-electron chi connectivity index (χ0n) is 13.9. The Bertz CT molecular complexity index is 790. The van der Waals surface area contributed by atoms with Gasteiger partial charge in [0.1, 0.15) is 0 Å². The number of anilines is 1. The molecule has 0 radical (unpaired) electrons. The van der Waals surface area contributed by atoms with Crippen LogP contribution >= 0.6 is 0 Å². The molecule has 7 heteroatoms. The molecule has 2 rings (SSSR count). The first-order chi connectivity index (χ1) is 11.3. The maximum absolute atomic E-state index is 12.2. The maximum Gasteiger partial charge on any atom is 0.238 e. The molecule has 1 heterocycles. The van der Waals surface area contributed by atoms with Crippen LogP contribution in [0.2, 0.25) is 0 Å². The van der Waals surface area contributed by atoms with Gasteiger partial charge in [-0.1, -0.05) is 6.07 Å². The number of nitrogens with one attached hydrogen (secondary N) is 1. The molecule has 1 aromatic carbocycles. The summed E-state index contributed by atoms with van der Waals surface area (Å²) >= 11 is 0. The van der Waals surface area contributed by atoms with Crippen LogP contribution in [-0.4, -0.2) is 44.1 Å². The molecule has 0 saturated carbocycles. The molecule has 0 fully saturated rings. The third-order valence-electron chi connectivity index (χ3n) is 3.79. The number of aromatic nitrogens is 1. The first-order valence-electron chi connectivity index (χ1n) is 7.47. The predicted molar refractivity (Wildman–Crippen MR) is 93.5 cm³/mol. The standard InChI is InChI=1S/C17H21N3O3S/c1-13(14-5-4-10-18-11-14)20(2)12-17(21)19-15-6-8-16(9-7-15)24(3,22)23/h4-11,13H,12H2,1-3H3,(H,19,21). The van der Waals surface area contributed by atoms with Gasteiger partial charge in [0.15, 0.2) is 9.84 Å². The van der Waals surface area contributed by atoms with Crippen LogP contribution in [0.4, 0.5) is 5.69 Å². The first kappa shape index (κ1) is 18.1. The average molecular weight is 347 g/mol. The number of pyridine rings is 1. The summed E-state index contributed by atoms with van der Waals surface area (Å²) in [5.74, 6) is -0.166. The molecule has 1 unspecified atom stereocenters. The Morgan fingerprint density at radius 1 is 1.25 bits per heavy atom. The fraction of sp³-hybridized carbons (Fsp3) is 0.294. The summed E-state index contributed by atoms with van der Waals surface area (Å²) in [4.78, 5) is 18.4. The van der Waals surface area contributed by atoms with E-state index >= 15 is 0 Å². The second-order valence-corrected chi connectivity index (χ2v) is 7.74. The third-order valence-corrected chi connectivity index (χ3v) is 4.92. The Balaban J connectivity index is 1.95. The van der Waals surface area contributed by atoms with Crippen molar-refractivity contribution in [3.05, 3.63) is 54.4 Å². The molecule has 2 aromatic rings. The monoisotopic (exact) mass is 347 g/mol. The topological polar surface area (TPSA) is 79.4 Å². The van der Waals surface area contributed by atoms with Gasteiger partial charge >= 0.3 is 0 Å². The van der Waals surface area contributed by atoms with Gasteiger partial charge in [-0.2, -0.15) is 0 Å². The molecule has 1 aromatic heterocycles. The smallest absolute Gasteiger partial charge is 0.238 e. The highest BCUT2D eigenvalue weighted by atomic mass is 32.2. The van der Waals surface area contributed by atoms with E-state index in [1.54, 1.807) is 24.5 Å². The quantitative estimate of drug-likeness (QED) is 0.866. The Labute approximate surface area is 142 Å². The Morgan fingerprint density at radius 2 is 1.92 bits per heavy atom. The zero-order chi connectivity index (χ0) is 17.7. The lowest BCUT2D eigenvalue weighted by Crippen LogP contribution is -2.32. The van der Waals surface area contributed by atoms with Gasteiger partial charge in [-0.25, -0.2) is 8.42 Å². The summed E-state index contributed by atoms with van der Waals surface area (Å²) in [6.07, 6.45) is 4.64. The highest BCUT2D eigenvalue weighted by Gasteiger charge is 2.15. The van der Waals surface area contributed by atoms with Gasteiger partial charge in [-0.15, -0.1) is 0 Å². The average Bonchev–Trinajstić information content (AvgIpc) is 2.54. The Morgan fingerprint density at radius 3 is 2.46 bits per heavy atom. The molecule has 0 aliphatic heterocycles. The summed E-state index contributed by atoms with van der Waals surface area (Å²) in [5.41, 5.74) is 1.60. The van der Waals surface area contributed by atoms with E-state index in [1.165, 1.54) is 12.1 Å². The van der Waals surface area contributed by atoms with Crippen LogP contribution in [-0.2, 0) is 14.6 Å². The number of rotatable bonds is 6. The van der Waals surface area contributed by atoms with E-state index in [0.717, 1.165) is 11.8 Å². The van der Waals surface area contributed by atoms with Crippen molar-refractivity contribution in [2.45, 2.75) is 17.9 Å². The largest absolute Gasteiger partial charge is 0.325 e. The fourth-order valence-corrected chi connectivity index (χ4v) is 2.86.